The van der Waals surface area contributed by atoms with Crippen molar-refractivity contribution in [2.45, 2.75) is 18.9 Å². The van der Waals surface area contributed by atoms with Gasteiger partial charge in [-0.3, -0.25) is 4.79 Å². The molecule has 0 bridgehead atoms. The molecule has 0 heterocycles. The molecule has 82 valence electrons. The van der Waals surface area contributed by atoms with Crippen LogP contribution in [0.15, 0.2) is 24.3 Å². The number of benzene rings is 1. The van der Waals surface area contributed by atoms with Gasteiger partial charge >= 0.3 is 5.97 Å². The molecule has 0 aliphatic heterocycles. The van der Waals surface area contributed by atoms with Crippen molar-refractivity contribution in [1.82, 2.24) is 0 Å². The van der Waals surface area contributed by atoms with E-state index in [9.17, 15) is 4.79 Å². The first kappa shape index (κ1) is 12.4. The quantitative estimate of drug-likeness (QED) is 0.682. The van der Waals surface area contributed by atoms with Gasteiger partial charge in [-0.05, 0) is 41.1 Å². The lowest BCUT2D eigenvalue weighted by molar-refractivity contribution is -0.146. The molecule has 1 aromatic rings. The van der Waals surface area contributed by atoms with Crippen LogP contribution in [0.3, 0.4) is 0 Å². The third-order valence-corrected chi connectivity index (χ3v) is 3.22. The van der Waals surface area contributed by atoms with Gasteiger partial charge in [-0.15, -0.1) is 0 Å². The molecule has 0 saturated heterocycles. The zero-order valence-corrected chi connectivity index (χ0v) is 10.9. The van der Waals surface area contributed by atoms with Gasteiger partial charge in [0.2, 0.25) is 0 Å². The monoisotopic (exact) mass is 319 g/mol. The number of ether oxygens (including phenoxy) is 1. The third kappa shape index (κ3) is 3.17. The van der Waals surface area contributed by atoms with Crippen LogP contribution in [0.4, 0.5) is 0 Å². The molecule has 4 heteroatoms. The molecule has 0 aliphatic rings. The van der Waals surface area contributed by atoms with E-state index in [1.54, 1.807) is 6.92 Å². The largest absolute Gasteiger partial charge is 0.468 e. The van der Waals surface area contributed by atoms with E-state index >= 15 is 0 Å². The molecular weight excluding hydrogens is 305 g/mol. The second-order valence-electron chi connectivity index (χ2n) is 3.68. The van der Waals surface area contributed by atoms with E-state index < -0.39 is 5.54 Å². The summed E-state index contributed by atoms with van der Waals surface area (Å²) >= 11 is 2.23. The number of hydrogen-bond donors (Lipinski definition) is 1. The lowest BCUT2D eigenvalue weighted by Gasteiger charge is -2.21. The highest BCUT2D eigenvalue weighted by atomic mass is 127. The van der Waals surface area contributed by atoms with Crippen molar-refractivity contribution < 1.29 is 9.53 Å². The van der Waals surface area contributed by atoms with Crippen LogP contribution in [-0.4, -0.2) is 18.6 Å². The number of nitrogens with two attached hydrogens (primary N) is 1. The molecule has 0 saturated carbocycles. The molecular formula is C11H14INO2. The molecule has 2 N–H and O–H groups in total. The van der Waals surface area contributed by atoms with E-state index in [2.05, 4.69) is 27.3 Å². The van der Waals surface area contributed by atoms with E-state index in [4.69, 9.17) is 5.73 Å². The Morgan fingerprint density at radius 3 is 2.67 bits per heavy atom. The zero-order valence-electron chi connectivity index (χ0n) is 8.79. The van der Waals surface area contributed by atoms with E-state index in [1.165, 1.54) is 7.11 Å². The lowest BCUT2D eigenvalue weighted by Crippen LogP contribution is -2.47. The predicted molar refractivity (Wildman–Crippen MR) is 67.5 cm³/mol. The molecule has 1 atom stereocenters. The summed E-state index contributed by atoms with van der Waals surface area (Å²) in [4.78, 5) is 11.4. The Bertz CT molecular complexity index is 363. The van der Waals surface area contributed by atoms with Gasteiger partial charge < -0.3 is 10.5 Å². The van der Waals surface area contributed by atoms with Crippen molar-refractivity contribution in [3.05, 3.63) is 33.4 Å². The molecule has 3 nitrogen and oxygen atoms in total. The van der Waals surface area contributed by atoms with Crippen LogP contribution in [0.1, 0.15) is 12.5 Å². The minimum absolute atomic E-state index is 0.387. The Balaban J connectivity index is 2.86. The van der Waals surface area contributed by atoms with Gasteiger partial charge in [0.05, 0.1) is 7.11 Å². The molecule has 0 radical (unpaired) electrons. The molecule has 0 amide bonds. The SMILES string of the molecule is COC(=O)[C@@](C)(N)Cc1ccccc1I. The minimum Gasteiger partial charge on any atom is -0.468 e. The zero-order chi connectivity index (χ0) is 11.5. The molecule has 0 fully saturated rings. The van der Waals surface area contributed by atoms with Crippen molar-refractivity contribution in [1.29, 1.82) is 0 Å². The molecule has 0 spiro atoms. The van der Waals surface area contributed by atoms with Gasteiger partial charge in [-0.2, -0.15) is 0 Å². The topological polar surface area (TPSA) is 52.3 Å². The maximum absolute atomic E-state index is 11.4. The molecule has 1 aromatic carbocycles. The van der Waals surface area contributed by atoms with Gasteiger partial charge in [-0.1, -0.05) is 18.2 Å². The summed E-state index contributed by atoms with van der Waals surface area (Å²) in [7, 11) is 1.35. The Morgan fingerprint density at radius 1 is 1.53 bits per heavy atom. The summed E-state index contributed by atoms with van der Waals surface area (Å²) in [5.74, 6) is -0.387. The van der Waals surface area contributed by atoms with Gasteiger partial charge in [0.15, 0.2) is 0 Å². The van der Waals surface area contributed by atoms with E-state index in [-0.39, 0.29) is 5.97 Å². The summed E-state index contributed by atoms with van der Waals surface area (Å²) in [5, 5.41) is 0. The van der Waals surface area contributed by atoms with Crippen molar-refractivity contribution in [2.24, 2.45) is 5.73 Å². The van der Waals surface area contributed by atoms with Crippen LogP contribution < -0.4 is 5.73 Å². The number of hydrogen-bond acceptors (Lipinski definition) is 3. The van der Waals surface area contributed by atoms with Gasteiger partial charge in [0, 0.05) is 9.99 Å². The van der Waals surface area contributed by atoms with E-state index in [0.717, 1.165) is 9.13 Å². The van der Waals surface area contributed by atoms with Gasteiger partial charge in [0.1, 0.15) is 5.54 Å². The summed E-state index contributed by atoms with van der Waals surface area (Å²) in [6.07, 6.45) is 0.485. The number of esters is 1. The Hall–Kier alpha value is -0.620. The Kier molecular flexibility index (Phi) is 4.10. The van der Waals surface area contributed by atoms with E-state index in [0.29, 0.717) is 6.42 Å². The lowest BCUT2D eigenvalue weighted by atomic mass is 9.94. The van der Waals surface area contributed by atoms with Crippen LogP contribution in [0.5, 0.6) is 0 Å². The summed E-state index contributed by atoms with van der Waals surface area (Å²) in [5.41, 5.74) is 5.99. The van der Waals surface area contributed by atoms with Crippen LogP contribution in [-0.2, 0) is 16.0 Å². The first-order chi connectivity index (χ1) is 6.97. The fraction of sp³-hybridized carbons (Fsp3) is 0.364. The Labute approximate surface area is 103 Å². The highest BCUT2D eigenvalue weighted by Crippen LogP contribution is 2.17. The molecule has 15 heavy (non-hydrogen) atoms. The fourth-order valence-corrected chi connectivity index (χ4v) is 1.92. The van der Waals surface area contributed by atoms with E-state index in [1.807, 2.05) is 24.3 Å². The normalized spacial score (nSPS) is 14.4. The molecule has 0 unspecified atom stereocenters. The van der Waals surface area contributed by atoms with Crippen molar-refractivity contribution >= 4 is 28.6 Å². The summed E-state index contributed by atoms with van der Waals surface area (Å²) in [6.45, 7) is 1.68. The van der Waals surface area contributed by atoms with Crippen molar-refractivity contribution in [3.8, 4) is 0 Å². The second kappa shape index (κ2) is 4.94. The third-order valence-electron chi connectivity index (χ3n) is 2.17. The minimum atomic E-state index is -0.962. The van der Waals surface area contributed by atoms with Crippen molar-refractivity contribution in [2.75, 3.05) is 7.11 Å². The highest BCUT2D eigenvalue weighted by Gasteiger charge is 2.30. The number of methoxy groups -OCH3 is 1. The van der Waals surface area contributed by atoms with Gasteiger partial charge in [0.25, 0.3) is 0 Å². The maximum atomic E-state index is 11.4. The first-order valence-corrected chi connectivity index (χ1v) is 5.66. The highest BCUT2D eigenvalue weighted by molar-refractivity contribution is 14.1. The smallest absolute Gasteiger partial charge is 0.325 e. The summed E-state index contributed by atoms with van der Waals surface area (Å²) < 4.78 is 5.77. The van der Waals surface area contributed by atoms with Crippen LogP contribution >= 0.6 is 22.6 Å². The average molecular weight is 319 g/mol. The molecule has 0 aromatic heterocycles. The van der Waals surface area contributed by atoms with Gasteiger partial charge in [-0.25, -0.2) is 0 Å². The number of carbonyl (C=O) groups excluding carboxylic acids is 1. The maximum Gasteiger partial charge on any atom is 0.325 e. The van der Waals surface area contributed by atoms with Crippen LogP contribution in [0, 0.1) is 3.57 Å². The number of rotatable bonds is 3. The van der Waals surface area contributed by atoms with Crippen LogP contribution in [0.2, 0.25) is 0 Å². The number of carbonyl (C=O) groups is 1. The molecule has 1 rings (SSSR count). The fourth-order valence-electron chi connectivity index (χ4n) is 1.34. The second-order valence-corrected chi connectivity index (χ2v) is 4.84. The standard InChI is InChI=1S/C11H14INO2/c1-11(13,10(14)15-2)7-8-5-3-4-6-9(8)12/h3-6H,7,13H2,1-2H3/t11-/m0/s1. The molecule has 0 aliphatic carbocycles. The van der Waals surface area contributed by atoms with Crippen molar-refractivity contribution in [3.63, 3.8) is 0 Å². The average Bonchev–Trinajstić information content (AvgIpc) is 2.20. The predicted octanol–water partition coefficient (Wildman–Crippen LogP) is 1.72. The summed E-state index contributed by atoms with van der Waals surface area (Å²) in [6, 6.07) is 7.85. The van der Waals surface area contributed by atoms with Crippen LogP contribution in [0.25, 0.3) is 0 Å². The first-order valence-electron chi connectivity index (χ1n) is 4.58. The Morgan fingerprint density at radius 2 is 2.13 bits per heavy atom. The number of halogens is 1.